The summed E-state index contributed by atoms with van der Waals surface area (Å²) in [6, 6.07) is 7.10. The molecule has 1 aliphatic carbocycles. The van der Waals surface area contributed by atoms with Crippen molar-refractivity contribution in [3.63, 3.8) is 0 Å². The van der Waals surface area contributed by atoms with E-state index in [-0.39, 0.29) is 24.7 Å². The number of nitrogens with zero attached hydrogens (tertiary/aromatic N) is 1. The molecule has 240 valence electrons. The van der Waals surface area contributed by atoms with Gasteiger partial charge in [0.2, 0.25) is 11.7 Å². The molecule has 10 heteroatoms. The van der Waals surface area contributed by atoms with Gasteiger partial charge in [0.15, 0.2) is 0 Å². The highest BCUT2D eigenvalue weighted by molar-refractivity contribution is 6.38. The van der Waals surface area contributed by atoms with Gasteiger partial charge in [-0.3, -0.25) is 14.4 Å². The molecule has 0 aromatic heterocycles. The number of rotatable bonds is 13. The molecule has 3 N–H and O–H groups in total. The van der Waals surface area contributed by atoms with Gasteiger partial charge in [-0.2, -0.15) is 0 Å². The topological polar surface area (TPSA) is 126 Å². The van der Waals surface area contributed by atoms with Crippen LogP contribution in [0.25, 0.3) is 0 Å². The zero-order valence-electron chi connectivity index (χ0n) is 26.7. The molecule has 0 unspecified atom stereocenters. The molecule has 1 aromatic rings. The molecule has 1 aliphatic heterocycles. The van der Waals surface area contributed by atoms with Crippen molar-refractivity contribution >= 4 is 23.6 Å². The third-order valence-corrected chi connectivity index (χ3v) is 7.88. The molecule has 10 nitrogen and oxygen atoms in total. The van der Waals surface area contributed by atoms with Crippen molar-refractivity contribution in [2.45, 2.75) is 104 Å². The number of carbonyl (C=O) groups is 4. The van der Waals surface area contributed by atoms with Crippen LogP contribution in [-0.4, -0.2) is 79.1 Å². The molecule has 3 rings (SSSR count). The van der Waals surface area contributed by atoms with Gasteiger partial charge in [-0.05, 0) is 43.6 Å². The average molecular weight is 601 g/mol. The molecule has 1 saturated heterocycles. The maximum atomic E-state index is 13.8. The Hall–Kier alpha value is -2.98. The van der Waals surface area contributed by atoms with Crippen LogP contribution < -0.4 is 16.0 Å². The molecule has 1 heterocycles. The first-order valence-electron chi connectivity index (χ1n) is 15.7. The second kappa shape index (κ2) is 16.2. The van der Waals surface area contributed by atoms with Gasteiger partial charge in [0.05, 0.1) is 26.4 Å². The van der Waals surface area contributed by atoms with Gasteiger partial charge in [0.1, 0.15) is 12.1 Å². The molecule has 2 fully saturated rings. The number of morpholine rings is 1. The molecule has 0 bridgehead atoms. The first kappa shape index (κ1) is 34.5. The zero-order valence-corrected chi connectivity index (χ0v) is 26.7. The molecule has 1 aromatic carbocycles. The number of nitrogens with one attached hydrogen (secondary N) is 3. The minimum Gasteiger partial charge on any atom is -0.378 e. The van der Waals surface area contributed by atoms with E-state index in [0.29, 0.717) is 45.1 Å². The lowest BCUT2D eigenvalue weighted by molar-refractivity contribution is -0.142. The summed E-state index contributed by atoms with van der Waals surface area (Å²) in [7, 11) is 0. The Morgan fingerprint density at radius 2 is 1.58 bits per heavy atom. The summed E-state index contributed by atoms with van der Waals surface area (Å²) < 4.78 is 11.2. The average Bonchev–Trinajstić information content (AvgIpc) is 2.95. The Labute approximate surface area is 257 Å². The Bertz CT molecular complexity index is 1060. The van der Waals surface area contributed by atoms with Gasteiger partial charge in [-0.15, -0.1) is 0 Å². The Morgan fingerprint density at radius 3 is 2.21 bits per heavy atom. The molecule has 2 atom stereocenters. The van der Waals surface area contributed by atoms with Gasteiger partial charge >= 0.3 is 6.03 Å². The van der Waals surface area contributed by atoms with Crippen LogP contribution in [0.15, 0.2) is 30.3 Å². The van der Waals surface area contributed by atoms with Gasteiger partial charge in [0, 0.05) is 18.6 Å². The maximum absolute atomic E-state index is 13.8. The van der Waals surface area contributed by atoms with Crippen LogP contribution in [0.3, 0.4) is 0 Å². The summed E-state index contributed by atoms with van der Waals surface area (Å²) in [6.07, 6.45) is 6.46. The van der Waals surface area contributed by atoms with E-state index in [4.69, 9.17) is 9.47 Å². The van der Waals surface area contributed by atoms with E-state index >= 15 is 0 Å². The van der Waals surface area contributed by atoms with Crippen LogP contribution in [0.4, 0.5) is 4.79 Å². The van der Waals surface area contributed by atoms with E-state index in [1.54, 1.807) is 4.90 Å². The van der Waals surface area contributed by atoms with Crippen LogP contribution in [-0.2, 0) is 30.5 Å². The standard InChI is InChI=1S/C33H52N4O6/c1-32(2,3)23-33(4,5)36-30(40)28(38)27(22-43-21-25-14-10-7-11-15-25)34-29(39)26(20-24-12-8-6-9-13-24)35-31(41)37-16-18-42-19-17-37/h7,10-11,14-15,24,26-27H,6,8-9,12-13,16-23H2,1-5H3,(H,34,39)(H,35,41)(H,36,40)/t26-,27+/m0/s1. The second-order valence-electron chi connectivity index (χ2n) is 13.8. The van der Waals surface area contributed by atoms with Crippen molar-refractivity contribution in [3.8, 4) is 0 Å². The van der Waals surface area contributed by atoms with E-state index < -0.39 is 35.2 Å². The number of carbonyl (C=O) groups excluding carboxylic acids is 4. The summed E-state index contributed by atoms with van der Waals surface area (Å²) in [5.74, 6) is -1.75. The molecular formula is C33H52N4O6. The van der Waals surface area contributed by atoms with E-state index in [1.165, 1.54) is 6.42 Å². The van der Waals surface area contributed by atoms with Gasteiger partial charge in [-0.1, -0.05) is 83.2 Å². The summed E-state index contributed by atoms with van der Waals surface area (Å²) in [4.78, 5) is 55.3. The molecule has 0 radical (unpaired) electrons. The van der Waals surface area contributed by atoms with E-state index in [2.05, 4.69) is 36.7 Å². The first-order valence-corrected chi connectivity index (χ1v) is 15.7. The van der Waals surface area contributed by atoms with Gasteiger partial charge in [-0.25, -0.2) is 4.79 Å². The fourth-order valence-electron chi connectivity index (χ4n) is 6.22. The van der Waals surface area contributed by atoms with E-state index in [1.807, 2.05) is 44.2 Å². The summed E-state index contributed by atoms with van der Waals surface area (Å²) in [6.45, 7) is 11.8. The van der Waals surface area contributed by atoms with Crippen LogP contribution >= 0.6 is 0 Å². The number of hydrogen-bond donors (Lipinski definition) is 3. The summed E-state index contributed by atoms with van der Waals surface area (Å²) in [5, 5.41) is 8.56. The number of Topliss-reactive ketones (excluding diaryl/α,β-unsaturated/α-hetero) is 1. The van der Waals surface area contributed by atoms with Crippen molar-refractivity contribution in [2.75, 3.05) is 32.9 Å². The molecule has 0 spiro atoms. The maximum Gasteiger partial charge on any atom is 0.318 e. The van der Waals surface area contributed by atoms with Gasteiger partial charge < -0.3 is 30.3 Å². The number of ketones is 1. The Balaban J connectivity index is 1.75. The Kier molecular flexibility index (Phi) is 13.0. The Morgan fingerprint density at radius 1 is 0.930 bits per heavy atom. The highest BCUT2D eigenvalue weighted by atomic mass is 16.5. The molecule has 1 saturated carbocycles. The lowest BCUT2D eigenvalue weighted by atomic mass is 9.81. The molecular weight excluding hydrogens is 548 g/mol. The predicted molar refractivity (Wildman–Crippen MR) is 165 cm³/mol. The van der Waals surface area contributed by atoms with Crippen LogP contribution in [0, 0.1) is 11.3 Å². The number of benzene rings is 1. The van der Waals surface area contributed by atoms with Crippen LogP contribution in [0.2, 0.25) is 0 Å². The third-order valence-electron chi connectivity index (χ3n) is 7.88. The molecule has 2 aliphatic rings. The first-order chi connectivity index (χ1) is 20.3. The SMILES string of the molecule is CC(C)(C)CC(C)(C)NC(=O)C(=O)[C@@H](COCc1ccccc1)NC(=O)[C@H](CC1CCCCC1)NC(=O)N1CCOCC1. The van der Waals surface area contributed by atoms with E-state index in [0.717, 1.165) is 31.2 Å². The van der Waals surface area contributed by atoms with Crippen molar-refractivity contribution in [2.24, 2.45) is 11.3 Å². The zero-order chi connectivity index (χ0) is 31.5. The minimum absolute atomic E-state index is 0.0722. The minimum atomic E-state index is -1.21. The normalized spacial score (nSPS) is 17.9. The largest absolute Gasteiger partial charge is 0.378 e. The second-order valence-corrected chi connectivity index (χ2v) is 13.8. The van der Waals surface area contributed by atoms with Crippen molar-refractivity contribution in [1.82, 2.24) is 20.9 Å². The number of amides is 4. The van der Waals surface area contributed by atoms with E-state index in [9.17, 15) is 19.2 Å². The lowest BCUT2D eigenvalue weighted by Gasteiger charge is -2.33. The smallest absolute Gasteiger partial charge is 0.318 e. The predicted octanol–water partition coefficient (Wildman–Crippen LogP) is 3.97. The quantitative estimate of drug-likeness (QED) is 0.294. The molecule has 4 amide bonds. The van der Waals surface area contributed by atoms with Crippen molar-refractivity contribution in [1.29, 1.82) is 0 Å². The number of ether oxygens (including phenoxy) is 2. The monoisotopic (exact) mass is 600 g/mol. The van der Waals surface area contributed by atoms with Crippen molar-refractivity contribution in [3.05, 3.63) is 35.9 Å². The van der Waals surface area contributed by atoms with Crippen LogP contribution in [0.5, 0.6) is 0 Å². The number of hydrogen-bond acceptors (Lipinski definition) is 6. The van der Waals surface area contributed by atoms with Crippen molar-refractivity contribution < 1.29 is 28.7 Å². The third kappa shape index (κ3) is 12.3. The fourth-order valence-corrected chi connectivity index (χ4v) is 6.22. The van der Waals surface area contributed by atoms with Gasteiger partial charge in [0.25, 0.3) is 5.91 Å². The fraction of sp³-hybridized carbons (Fsp3) is 0.697. The highest BCUT2D eigenvalue weighted by Crippen LogP contribution is 2.28. The number of urea groups is 1. The summed E-state index contributed by atoms with van der Waals surface area (Å²) in [5.41, 5.74) is 0.195. The van der Waals surface area contributed by atoms with Crippen LogP contribution in [0.1, 0.15) is 85.1 Å². The lowest BCUT2D eigenvalue weighted by Crippen LogP contribution is -2.59. The molecule has 43 heavy (non-hydrogen) atoms. The summed E-state index contributed by atoms with van der Waals surface area (Å²) >= 11 is 0. The highest BCUT2D eigenvalue weighted by Gasteiger charge is 2.35.